The van der Waals surface area contributed by atoms with E-state index in [1.165, 1.54) is 6.42 Å². The Morgan fingerprint density at radius 2 is 1.84 bits per heavy atom. The fourth-order valence-corrected chi connectivity index (χ4v) is 3.80. The molecule has 2 aromatic heterocycles. The van der Waals surface area contributed by atoms with E-state index in [0.29, 0.717) is 34.9 Å². The highest BCUT2D eigenvalue weighted by Gasteiger charge is 2.19. The summed E-state index contributed by atoms with van der Waals surface area (Å²) in [5.41, 5.74) is 1.41. The molecule has 162 valence electrons. The quantitative estimate of drug-likeness (QED) is 0.521. The largest absolute Gasteiger partial charge is 0.444 e. The van der Waals surface area contributed by atoms with Gasteiger partial charge in [-0.3, -0.25) is 9.59 Å². The van der Waals surface area contributed by atoms with Crippen molar-refractivity contribution in [1.82, 2.24) is 19.9 Å². The third-order valence-electron chi connectivity index (χ3n) is 5.29. The molecule has 1 aromatic carbocycles. The number of amides is 2. The number of hydrogen-bond donors (Lipinski definition) is 0. The molecule has 0 N–H and O–H groups in total. The predicted molar refractivity (Wildman–Crippen MR) is 117 cm³/mol. The number of likely N-dealkylation sites (N-methyl/N-ethyl adjacent to an activating group) is 1. The van der Waals surface area contributed by atoms with E-state index in [1.807, 2.05) is 17.0 Å². The molecule has 9 heteroatoms. The van der Waals surface area contributed by atoms with E-state index in [4.69, 9.17) is 8.94 Å². The van der Waals surface area contributed by atoms with Crippen LogP contribution in [0.1, 0.15) is 46.0 Å². The Hall–Kier alpha value is -2.94. The maximum Gasteiger partial charge on any atom is 0.289 e. The Kier molecular flexibility index (Phi) is 6.50. The van der Waals surface area contributed by atoms with Crippen LogP contribution in [0.15, 0.2) is 50.0 Å². The molecule has 0 saturated carbocycles. The molecular weight excluding hydrogens is 464 g/mol. The minimum atomic E-state index is -0.219. The van der Waals surface area contributed by atoms with E-state index in [9.17, 15) is 9.59 Å². The maximum absolute atomic E-state index is 12.6. The Balaban J connectivity index is 1.35. The van der Waals surface area contributed by atoms with Crippen molar-refractivity contribution < 1.29 is 18.5 Å². The number of hydrogen-bond acceptors (Lipinski definition) is 6. The monoisotopic (exact) mass is 486 g/mol. The number of carbonyl (C=O) groups is 2. The van der Waals surface area contributed by atoms with E-state index < -0.39 is 0 Å². The fourth-order valence-electron chi connectivity index (χ4n) is 3.49. The van der Waals surface area contributed by atoms with E-state index in [1.54, 1.807) is 36.2 Å². The molecule has 0 unspecified atom stereocenters. The van der Waals surface area contributed by atoms with Gasteiger partial charge in [0.15, 0.2) is 16.3 Å². The number of rotatable bonds is 6. The lowest BCUT2D eigenvalue weighted by Gasteiger charge is -2.26. The predicted octanol–water partition coefficient (Wildman–Crippen LogP) is 4.03. The second-order valence-electron chi connectivity index (χ2n) is 7.53. The lowest BCUT2D eigenvalue weighted by molar-refractivity contribution is 0.0723. The van der Waals surface area contributed by atoms with Gasteiger partial charge in [0.2, 0.25) is 0 Å². The Morgan fingerprint density at radius 3 is 2.52 bits per heavy atom. The molecule has 4 rings (SSSR count). The molecule has 0 aliphatic carbocycles. The molecule has 1 aliphatic rings. The highest BCUT2D eigenvalue weighted by atomic mass is 79.9. The maximum atomic E-state index is 12.6. The van der Waals surface area contributed by atoms with Crippen LogP contribution in [0.4, 0.5) is 0 Å². The van der Waals surface area contributed by atoms with Crippen LogP contribution in [0, 0.1) is 0 Å². The van der Waals surface area contributed by atoms with Crippen LogP contribution < -0.4 is 0 Å². The minimum Gasteiger partial charge on any atom is -0.444 e. The molecule has 2 amide bonds. The van der Waals surface area contributed by atoms with Crippen molar-refractivity contribution in [2.24, 2.45) is 0 Å². The highest BCUT2D eigenvalue weighted by Crippen LogP contribution is 2.20. The summed E-state index contributed by atoms with van der Waals surface area (Å²) in [5, 5.41) is 4.00. The highest BCUT2D eigenvalue weighted by molar-refractivity contribution is 9.10. The Labute approximate surface area is 188 Å². The van der Waals surface area contributed by atoms with Gasteiger partial charge in [0.25, 0.3) is 17.7 Å². The summed E-state index contributed by atoms with van der Waals surface area (Å²) in [7, 11) is 1.69. The average Bonchev–Trinajstić information content (AvgIpc) is 3.46. The standard InChI is InChI=1S/C22H23BrN4O4/c1-26(22(29)17-9-10-18(23)30-17)14-11-19-24-20(31-25-19)15-5-7-16(8-6-15)21(28)27-12-3-2-4-13-27/h5-10H,2-4,11-14H2,1H3. The van der Waals surface area contributed by atoms with Crippen molar-refractivity contribution in [3.8, 4) is 11.5 Å². The second kappa shape index (κ2) is 9.47. The number of benzene rings is 1. The van der Waals surface area contributed by atoms with Gasteiger partial charge < -0.3 is 18.7 Å². The fraction of sp³-hybridized carbons (Fsp3) is 0.364. The van der Waals surface area contributed by atoms with E-state index >= 15 is 0 Å². The molecule has 3 aromatic rings. The zero-order valence-corrected chi connectivity index (χ0v) is 18.8. The minimum absolute atomic E-state index is 0.0637. The molecule has 31 heavy (non-hydrogen) atoms. The lowest BCUT2D eigenvalue weighted by atomic mass is 10.1. The van der Waals surface area contributed by atoms with Crippen molar-refractivity contribution >= 4 is 27.7 Å². The SMILES string of the molecule is CN(CCc1noc(-c2ccc(C(=O)N3CCCCC3)cc2)n1)C(=O)c1ccc(Br)o1. The molecule has 1 fully saturated rings. The number of halogens is 1. The summed E-state index contributed by atoms with van der Waals surface area (Å²) >= 11 is 3.19. The summed E-state index contributed by atoms with van der Waals surface area (Å²) in [4.78, 5) is 32.8. The molecule has 1 aliphatic heterocycles. The number of nitrogens with zero attached hydrogens (tertiary/aromatic N) is 4. The lowest BCUT2D eigenvalue weighted by Crippen LogP contribution is -2.35. The van der Waals surface area contributed by atoms with Gasteiger partial charge in [0.05, 0.1) is 0 Å². The second-order valence-corrected chi connectivity index (χ2v) is 8.31. The molecule has 1 saturated heterocycles. The van der Waals surface area contributed by atoms with Crippen molar-refractivity contribution in [2.45, 2.75) is 25.7 Å². The van der Waals surface area contributed by atoms with Crippen LogP contribution in [0.25, 0.3) is 11.5 Å². The first-order valence-electron chi connectivity index (χ1n) is 10.2. The normalized spacial score (nSPS) is 13.9. The van der Waals surface area contributed by atoms with Crippen molar-refractivity contribution in [1.29, 1.82) is 0 Å². The van der Waals surface area contributed by atoms with Gasteiger partial charge in [-0.05, 0) is 71.6 Å². The van der Waals surface area contributed by atoms with E-state index in [2.05, 4.69) is 26.1 Å². The van der Waals surface area contributed by atoms with E-state index in [0.717, 1.165) is 31.5 Å². The van der Waals surface area contributed by atoms with Gasteiger partial charge in [-0.25, -0.2) is 0 Å². The first-order chi connectivity index (χ1) is 15.0. The van der Waals surface area contributed by atoms with Crippen LogP contribution in [-0.4, -0.2) is 58.4 Å². The summed E-state index contributed by atoms with van der Waals surface area (Å²) in [6.07, 6.45) is 3.76. The third kappa shape index (κ3) is 5.04. The number of furan rings is 1. The summed E-state index contributed by atoms with van der Waals surface area (Å²) in [6.45, 7) is 2.06. The number of likely N-dealkylation sites (tertiary alicyclic amines) is 1. The first-order valence-corrected chi connectivity index (χ1v) is 11.0. The van der Waals surface area contributed by atoms with Gasteiger partial charge in [0, 0.05) is 44.2 Å². The number of piperidine rings is 1. The van der Waals surface area contributed by atoms with Crippen LogP contribution >= 0.6 is 15.9 Å². The van der Waals surface area contributed by atoms with Gasteiger partial charge in [-0.15, -0.1) is 0 Å². The van der Waals surface area contributed by atoms with Crippen molar-refractivity contribution in [2.75, 3.05) is 26.7 Å². The molecular formula is C22H23BrN4O4. The van der Waals surface area contributed by atoms with E-state index in [-0.39, 0.29) is 17.6 Å². The van der Waals surface area contributed by atoms with Gasteiger partial charge in [0.1, 0.15) is 0 Å². The van der Waals surface area contributed by atoms with Crippen LogP contribution in [0.2, 0.25) is 0 Å². The number of carbonyl (C=O) groups excluding carboxylic acids is 2. The van der Waals surface area contributed by atoms with Crippen LogP contribution in [-0.2, 0) is 6.42 Å². The first kappa shape index (κ1) is 21.3. The molecule has 8 nitrogen and oxygen atoms in total. The Morgan fingerprint density at radius 1 is 1.10 bits per heavy atom. The van der Waals surface area contributed by atoms with Gasteiger partial charge in [-0.1, -0.05) is 5.16 Å². The van der Waals surface area contributed by atoms with Crippen molar-refractivity contribution in [3.05, 3.63) is 58.2 Å². The number of aromatic nitrogens is 2. The molecule has 0 spiro atoms. The summed E-state index contributed by atoms with van der Waals surface area (Å²) in [5.74, 6) is 0.999. The topological polar surface area (TPSA) is 92.7 Å². The van der Waals surface area contributed by atoms with Gasteiger partial charge >= 0.3 is 0 Å². The zero-order chi connectivity index (χ0) is 21.8. The Bertz CT molecular complexity index is 1050. The molecule has 0 atom stereocenters. The molecule has 0 bridgehead atoms. The molecule has 3 heterocycles. The van der Waals surface area contributed by atoms with Crippen molar-refractivity contribution in [3.63, 3.8) is 0 Å². The smallest absolute Gasteiger partial charge is 0.289 e. The third-order valence-corrected chi connectivity index (χ3v) is 5.72. The zero-order valence-electron chi connectivity index (χ0n) is 17.2. The summed E-state index contributed by atoms with van der Waals surface area (Å²) in [6, 6.07) is 10.5. The van der Waals surface area contributed by atoms with Gasteiger partial charge in [-0.2, -0.15) is 4.98 Å². The van der Waals surface area contributed by atoms with Crippen LogP contribution in [0.3, 0.4) is 0 Å². The molecule has 0 radical (unpaired) electrons. The van der Waals surface area contributed by atoms with Crippen LogP contribution in [0.5, 0.6) is 0 Å². The average molecular weight is 487 g/mol. The summed E-state index contributed by atoms with van der Waals surface area (Å²) < 4.78 is 11.2.